The highest BCUT2D eigenvalue weighted by Crippen LogP contribution is 2.28. The van der Waals surface area contributed by atoms with Crippen molar-refractivity contribution < 1.29 is 19.1 Å². The van der Waals surface area contributed by atoms with Crippen molar-refractivity contribution in [3.8, 4) is 5.75 Å². The Labute approximate surface area is 233 Å². The van der Waals surface area contributed by atoms with Crippen molar-refractivity contribution >= 4 is 33.6 Å². The van der Waals surface area contributed by atoms with Crippen LogP contribution in [0.25, 0.3) is 21.8 Å². The molecule has 0 amide bonds. The van der Waals surface area contributed by atoms with Gasteiger partial charge in [-0.15, -0.1) is 0 Å². The van der Waals surface area contributed by atoms with Crippen LogP contribution in [0.1, 0.15) is 22.8 Å². The smallest absolute Gasteiger partial charge is 0.328 e. The van der Waals surface area contributed by atoms with Gasteiger partial charge in [0.25, 0.3) is 0 Å². The van der Waals surface area contributed by atoms with Gasteiger partial charge in [0.1, 0.15) is 18.4 Å². The van der Waals surface area contributed by atoms with Crippen LogP contribution < -0.4 is 10.1 Å². The van der Waals surface area contributed by atoms with Crippen molar-refractivity contribution in [1.82, 2.24) is 9.88 Å². The number of ether oxygens (including phenoxy) is 2. The van der Waals surface area contributed by atoms with Crippen LogP contribution >= 0.6 is 0 Å². The number of carbonyl (C=O) groups is 2. The number of rotatable bonds is 11. The van der Waals surface area contributed by atoms with Crippen molar-refractivity contribution in [2.75, 3.05) is 13.7 Å². The molecule has 4 aromatic carbocycles. The van der Waals surface area contributed by atoms with Gasteiger partial charge in [0.2, 0.25) is 0 Å². The number of methoxy groups -OCH3 is 1. The second-order valence-corrected chi connectivity index (χ2v) is 9.66. The molecule has 6 nitrogen and oxygen atoms in total. The fraction of sp³-hybridized carbons (Fsp3) is 0.176. The van der Waals surface area contributed by atoms with Gasteiger partial charge in [-0.25, -0.2) is 4.79 Å². The van der Waals surface area contributed by atoms with E-state index in [1.807, 2.05) is 42.5 Å². The third-order valence-electron chi connectivity index (χ3n) is 6.92. The van der Waals surface area contributed by atoms with E-state index in [2.05, 4.69) is 58.4 Å². The number of fused-ring (bicyclic) bond motifs is 3. The number of allylic oxidation sites excluding steroid dienone is 2. The summed E-state index contributed by atoms with van der Waals surface area (Å²) in [7, 11) is 1.36. The van der Waals surface area contributed by atoms with E-state index in [4.69, 9.17) is 9.47 Å². The maximum absolute atomic E-state index is 12.5. The lowest BCUT2D eigenvalue weighted by molar-refractivity contribution is -0.142. The van der Waals surface area contributed by atoms with Gasteiger partial charge in [0.05, 0.1) is 13.7 Å². The summed E-state index contributed by atoms with van der Waals surface area (Å²) in [6.07, 6.45) is 1.90. The Morgan fingerprint density at radius 1 is 0.825 bits per heavy atom. The zero-order valence-corrected chi connectivity index (χ0v) is 22.7. The Morgan fingerprint density at radius 3 is 2.05 bits per heavy atom. The fourth-order valence-corrected chi connectivity index (χ4v) is 4.99. The molecular formula is C34H32N2O4. The van der Waals surface area contributed by atoms with Gasteiger partial charge in [-0.05, 0) is 36.8 Å². The van der Waals surface area contributed by atoms with Crippen molar-refractivity contribution in [1.29, 1.82) is 0 Å². The van der Waals surface area contributed by atoms with E-state index in [0.717, 1.165) is 17.9 Å². The third-order valence-corrected chi connectivity index (χ3v) is 6.92. The number of esters is 1. The van der Waals surface area contributed by atoms with E-state index in [0.29, 0.717) is 24.3 Å². The number of para-hydroxylation sites is 2. The van der Waals surface area contributed by atoms with Crippen LogP contribution in [-0.4, -0.2) is 36.1 Å². The Balaban J connectivity index is 1.21. The molecule has 0 aliphatic heterocycles. The predicted octanol–water partition coefficient (Wildman–Crippen LogP) is 6.33. The Hall–Kier alpha value is -4.84. The summed E-state index contributed by atoms with van der Waals surface area (Å²) >= 11 is 0. The Kier molecular flexibility index (Phi) is 8.26. The predicted molar refractivity (Wildman–Crippen MR) is 159 cm³/mol. The molecule has 1 N–H and O–H groups in total. The van der Waals surface area contributed by atoms with Crippen molar-refractivity contribution in [2.45, 2.75) is 25.9 Å². The highest BCUT2D eigenvalue weighted by molar-refractivity contribution is 6.08. The average Bonchev–Trinajstić information content (AvgIpc) is 3.31. The van der Waals surface area contributed by atoms with Gasteiger partial charge >= 0.3 is 5.97 Å². The molecule has 1 atom stereocenters. The second kappa shape index (κ2) is 12.3. The molecule has 0 bridgehead atoms. The van der Waals surface area contributed by atoms with Crippen LogP contribution in [0.3, 0.4) is 0 Å². The van der Waals surface area contributed by atoms with Gasteiger partial charge in [0, 0.05) is 45.6 Å². The van der Waals surface area contributed by atoms with Crippen LogP contribution in [-0.2, 0) is 22.5 Å². The second-order valence-electron chi connectivity index (χ2n) is 9.66. The molecule has 0 saturated heterocycles. The first-order chi connectivity index (χ1) is 19.5. The zero-order valence-electron chi connectivity index (χ0n) is 22.7. The van der Waals surface area contributed by atoms with E-state index in [1.165, 1.54) is 35.0 Å². The van der Waals surface area contributed by atoms with Gasteiger partial charge in [-0.1, -0.05) is 78.9 Å². The summed E-state index contributed by atoms with van der Waals surface area (Å²) in [4.78, 5) is 25.0. The summed E-state index contributed by atoms with van der Waals surface area (Å²) in [6, 6.07) is 33.0. The maximum Gasteiger partial charge on any atom is 0.328 e. The molecule has 6 heteroatoms. The van der Waals surface area contributed by atoms with E-state index in [1.54, 1.807) is 19.1 Å². The minimum Gasteiger partial charge on any atom is -0.492 e. The Morgan fingerprint density at radius 2 is 1.43 bits per heavy atom. The molecule has 5 aromatic rings. The SMILES string of the molecule is COC(=O)[C@H](Cc1ccc(OCCn2c3ccccc3c3ccccc32)cc1)N/C(C)=C\C(=O)c1ccccc1. The Bertz CT molecular complexity index is 1600. The number of carbonyl (C=O) groups excluding carboxylic acids is 2. The van der Waals surface area contributed by atoms with Crippen LogP contribution in [0.2, 0.25) is 0 Å². The number of nitrogens with one attached hydrogen (secondary N) is 1. The van der Waals surface area contributed by atoms with Crippen LogP contribution in [0.4, 0.5) is 0 Å². The fourth-order valence-electron chi connectivity index (χ4n) is 4.99. The molecule has 0 radical (unpaired) electrons. The molecule has 5 rings (SSSR count). The molecule has 0 saturated carbocycles. The quantitative estimate of drug-likeness (QED) is 0.122. The normalized spacial score (nSPS) is 12.3. The van der Waals surface area contributed by atoms with Gasteiger partial charge in [0.15, 0.2) is 5.78 Å². The lowest BCUT2D eigenvalue weighted by Crippen LogP contribution is -2.38. The summed E-state index contributed by atoms with van der Waals surface area (Å²) in [5.41, 5.74) is 4.51. The first-order valence-electron chi connectivity index (χ1n) is 13.3. The number of ketones is 1. The molecule has 0 spiro atoms. The minimum atomic E-state index is -0.633. The standard InChI is InChI=1S/C34H32N2O4/c1-24(22-33(37)26-10-4-3-5-11-26)35-30(34(38)39-2)23-25-16-18-27(19-17-25)40-21-20-36-31-14-8-6-12-28(31)29-13-7-9-15-32(29)36/h3-19,22,30,35H,20-21,23H2,1-2H3/b24-22-/t30-/m0/s1. The molecule has 1 heterocycles. The topological polar surface area (TPSA) is 69.6 Å². The monoisotopic (exact) mass is 532 g/mol. The van der Waals surface area contributed by atoms with Crippen LogP contribution in [0, 0.1) is 0 Å². The summed E-state index contributed by atoms with van der Waals surface area (Å²) < 4.78 is 13.4. The van der Waals surface area contributed by atoms with Gasteiger partial charge in [-0.3, -0.25) is 4.79 Å². The summed E-state index contributed by atoms with van der Waals surface area (Å²) in [6.45, 7) is 3.01. The molecule has 0 unspecified atom stereocenters. The zero-order chi connectivity index (χ0) is 27.9. The lowest BCUT2D eigenvalue weighted by atomic mass is 10.0. The number of benzene rings is 4. The highest BCUT2D eigenvalue weighted by atomic mass is 16.5. The van der Waals surface area contributed by atoms with E-state index >= 15 is 0 Å². The molecule has 1 aromatic heterocycles. The highest BCUT2D eigenvalue weighted by Gasteiger charge is 2.20. The first kappa shape index (κ1) is 26.8. The molecule has 0 fully saturated rings. The molecule has 0 aliphatic rings. The minimum absolute atomic E-state index is 0.128. The molecule has 0 aliphatic carbocycles. The van der Waals surface area contributed by atoms with Crippen molar-refractivity contribution in [2.24, 2.45) is 0 Å². The summed E-state index contributed by atoms with van der Waals surface area (Å²) in [5, 5.41) is 5.63. The molecule has 202 valence electrons. The van der Waals surface area contributed by atoms with Crippen LogP contribution in [0.5, 0.6) is 5.75 Å². The van der Waals surface area contributed by atoms with Gasteiger partial charge < -0.3 is 19.4 Å². The van der Waals surface area contributed by atoms with E-state index in [-0.39, 0.29) is 5.78 Å². The van der Waals surface area contributed by atoms with Crippen molar-refractivity contribution in [3.05, 3.63) is 126 Å². The van der Waals surface area contributed by atoms with Gasteiger partial charge in [-0.2, -0.15) is 0 Å². The number of nitrogens with zero attached hydrogens (tertiary/aromatic N) is 1. The average molecular weight is 533 g/mol. The molecular weight excluding hydrogens is 500 g/mol. The lowest BCUT2D eigenvalue weighted by Gasteiger charge is -2.18. The number of aromatic nitrogens is 1. The molecule has 40 heavy (non-hydrogen) atoms. The number of hydrogen-bond donors (Lipinski definition) is 1. The van der Waals surface area contributed by atoms with E-state index < -0.39 is 12.0 Å². The van der Waals surface area contributed by atoms with Crippen LogP contribution in [0.15, 0.2) is 115 Å². The third kappa shape index (κ3) is 6.07. The number of hydrogen-bond acceptors (Lipinski definition) is 5. The maximum atomic E-state index is 12.5. The largest absolute Gasteiger partial charge is 0.492 e. The van der Waals surface area contributed by atoms with Crippen molar-refractivity contribution in [3.63, 3.8) is 0 Å². The van der Waals surface area contributed by atoms with E-state index in [9.17, 15) is 9.59 Å². The first-order valence-corrected chi connectivity index (χ1v) is 13.3. The summed E-state index contributed by atoms with van der Waals surface area (Å²) in [5.74, 6) is 0.236.